The Morgan fingerprint density at radius 1 is 1.07 bits per heavy atom. The Hall–Kier alpha value is -1.40. The van der Waals surface area contributed by atoms with Crippen LogP contribution in [0.3, 0.4) is 0 Å². The quantitative estimate of drug-likeness (QED) is 0.770. The zero-order chi connectivity index (χ0) is 19.4. The van der Waals surface area contributed by atoms with E-state index in [-0.39, 0.29) is 17.4 Å². The van der Waals surface area contributed by atoms with Crippen LogP contribution in [0.25, 0.3) is 0 Å². The van der Waals surface area contributed by atoms with Crippen molar-refractivity contribution in [2.24, 2.45) is 0 Å². The molecule has 27 heavy (non-hydrogen) atoms. The molecule has 2 aliphatic carbocycles. The first-order valence-electron chi connectivity index (χ1n) is 10.6. The summed E-state index contributed by atoms with van der Waals surface area (Å²) in [7, 11) is 0. The molecule has 1 heterocycles. The van der Waals surface area contributed by atoms with Crippen molar-refractivity contribution in [3.8, 4) is 0 Å². The zero-order valence-corrected chi connectivity index (χ0v) is 17.3. The number of nitrogens with one attached hydrogen (secondary N) is 1. The van der Waals surface area contributed by atoms with Gasteiger partial charge in [0.05, 0.1) is 13.1 Å². The van der Waals surface area contributed by atoms with Gasteiger partial charge in [0.25, 0.3) is 0 Å². The molecule has 0 aromatic carbocycles. The lowest BCUT2D eigenvalue weighted by Crippen LogP contribution is -2.53. The molecule has 0 radical (unpaired) electrons. The highest BCUT2D eigenvalue weighted by atomic mass is 16.2. The largest absolute Gasteiger partial charge is 0.350 e. The topological polar surface area (TPSA) is 55.9 Å². The Labute approximate surface area is 163 Å². The molecule has 0 unspecified atom stereocenters. The molecule has 6 nitrogen and oxygen atoms in total. The van der Waals surface area contributed by atoms with Crippen LogP contribution in [0.5, 0.6) is 0 Å². The predicted molar refractivity (Wildman–Crippen MR) is 107 cm³/mol. The summed E-state index contributed by atoms with van der Waals surface area (Å²) in [6.45, 7) is 10.4. The first kappa shape index (κ1) is 20.3. The Morgan fingerprint density at radius 2 is 1.70 bits per heavy atom. The van der Waals surface area contributed by atoms with E-state index in [9.17, 15) is 9.59 Å². The van der Waals surface area contributed by atoms with Crippen LogP contribution in [-0.4, -0.2) is 77.4 Å². The molecule has 1 saturated carbocycles. The van der Waals surface area contributed by atoms with Crippen LogP contribution in [-0.2, 0) is 9.59 Å². The minimum absolute atomic E-state index is 0.0798. The van der Waals surface area contributed by atoms with Gasteiger partial charge in [-0.2, -0.15) is 0 Å². The van der Waals surface area contributed by atoms with Gasteiger partial charge in [-0.1, -0.05) is 6.08 Å². The fourth-order valence-electron chi connectivity index (χ4n) is 4.00. The first-order chi connectivity index (χ1) is 12.8. The maximum atomic E-state index is 13.0. The number of rotatable bonds is 6. The van der Waals surface area contributed by atoms with E-state index in [1.807, 2.05) is 20.8 Å². The molecule has 2 fully saturated rings. The molecule has 1 N–H and O–H groups in total. The van der Waals surface area contributed by atoms with E-state index in [0.717, 1.165) is 51.9 Å². The van der Waals surface area contributed by atoms with E-state index in [2.05, 4.69) is 26.1 Å². The fourth-order valence-corrected chi connectivity index (χ4v) is 4.00. The molecule has 6 heteroatoms. The number of amides is 2. The highest BCUT2D eigenvalue weighted by molar-refractivity contribution is 5.81. The summed E-state index contributed by atoms with van der Waals surface area (Å²) in [6.07, 6.45) is 9.21. The van der Waals surface area contributed by atoms with Crippen molar-refractivity contribution in [3.05, 3.63) is 11.8 Å². The Bertz CT molecular complexity index is 569. The molecule has 0 aromatic rings. The van der Waals surface area contributed by atoms with Crippen LogP contribution in [0.4, 0.5) is 0 Å². The summed E-state index contributed by atoms with van der Waals surface area (Å²) in [5.74, 6) is 0.348. The minimum Gasteiger partial charge on any atom is -0.350 e. The number of hydrogen-bond donors (Lipinski definition) is 1. The summed E-state index contributed by atoms with van der Waals surface area (Å²) in [5, 5.41) is 3.02. The van der Waals surface area contributed by atoms with E-state index in [0.29, 0.717) is 19.1 Å². The van der Waals surface area contributed by atoms with Crippen molar-refractivity contribution < 1.29 is 9.59 Å². The van der Waals surface area contributed by atoms with Crippen molar-refractivity contribution in [1.29, 1.82) is 0 Å². The minimum atomic E-state index is -0.189. The molecule has 2 amide bonds. The number of hydrogen-bond acceptors (Lipinski definition) is 4. The Kier molecular flexibility index (Phi) is 6.58. The summed E-state index contributed by atoms with van der Waals surface area (Å²) >= 11 is 0. The van der Waals surface area contributed by atoms with E-state index in [4.69, 9.17) is 0 Å². The van der Waals surface area contributed by atoms with Crippen LogP contribution in [0.1, 0.15) is 59.3 Å². The predicted octanol–water partition coefficient (Wildman–Crippen LogP) is 1.97. The van der Waals surface area contributed by atoms with Gasteiger partial charge in [0.15, 0.2) is 0 Å². The molecule has 0 bridgehead atoms. The van der Waals surface area contributed by atoms with Crippen molar-refractivity contribution in [2.45, 2.75) is 70.9 Å². The maximum absolute atomic E-state index is 13.0. The summed E-state index contributed by atoms with van der Waals surface area (Å²) in [4.78, 5) is 31.6. The second-order valence-corrected chi connectivity index (χ2v) is 9.29. The standard InChI is InChI=1S/C21H36N4O2/c1-21(2,3)22-19(26)15-23-11-13-24(14-12-23)16-20(27)25(18-9-10-18)17-7-5-4-6-8-17/h7,18H,4-6,8-16H2,1-3H3,(H,22,26). The fraction of sp³-hybridized carbons (Fsp3) is 0.810. The van der Waals surface area contributed by atoms with E-state index < -0.39 is 0 Å². The molecule has 1 aliphatic heterocycles. The van der Waals surface area contributed by atoms with E-state index >= 15 is 0 Å². The molecular formula is C21H36N4O2. The van der Waals surface area contributed by atoms with Gasteiger partial charge in [-0.15, -0.1) is 0 Å². The lowest BCUT2D eigenvalue weighted by Gasteiger charge is -2.36. The number of piperazine rings is 1. The van der Waals surface area contributed by atoms with Gasteiger partial charge in [0.2, 0.25) is 11.8 Å². The van der Waals surface area contributed by atoms with Crippen molar-refractivity contribution >= 4 is 11.8 Å². The second-order valence-electron chi connectivity index (χ2n) is 9.29. The molecule has 0 aromatic heterocycles. The smallest absolute Gasteiger partial charge is 0.241 e. The van der Waals surface area contributed by atoms with E-state index in [1.54, 1.807) is 0 Å². The Balaban J connectivity index is 1.45. The van der Waals surface area contributed by atoms with Gasteiger partial charge in [0, 0.05) is 43.5 Å². The van der Waals surface area contributed by atoms with Gasteiger partial charge < -0.3 is 10.2 Å². The number of nitrogens with zero attached hydrogens (tertiary/aromatic N) is 3. The van der Waals surface area contributed by atoms with Gasteiger partial charge in [-0.05, 0) is 59.3 Å². The van der Waals surface area contributed by atoms with Gasteiger partial charge in [0.1, 0.15) is 0 Å². The number of allylic oxidation sites excluding steroid dienone is 2. The number of carbonyl (C=O) groups excluding carboxylic acids is 2. The molecule has 152 valence electrons. The average molecular weight is 377 g/mol. The van der Waals surface area contributed by atoms with Crippen LogP contribution in [0.2, 0.25) is 0 Å². The highest BCUT2D eigenvalue weighted by Crippen LogP contribution is 2.33. The van der Waals surface area contributed by atoms with Crippen LogP contribution >= 0.6 is 0 Å². The van der Waals surface area contributed by atoms with Gasteiger partial charge >= 0.3 is 0 Å². The lowest BCUT2D eigenvalue weighted by molar-refractivity contribution is -0.132. The molecule has 1 saturated heterocycles. The lowest BCUT2D eigenvalue weighted by atomic mass is 10.0. The number of carbonyl (C=O) groups is 2. The maximum Gasteiger partial charge on any atom is 0.241 e. The normalized spacial score (nSPS) is 22.3. The zero-order valence-electron chi connectivity index (χ0n) is 17.3. The highest BCUT2D eigenvalue weighted by Gasteiger charge is 2.35. The molecule has 0 atom stereocenters. The molecular weight excluding hydrogens is 340 g/mol. The van der Waals surface area contributed by atoms with Crippen molar-refractivity contribution in [3.63, 3.8) is 0 Å². The van der Waals surface area contributed by atoms with Crippen LogP contribution in [0.15, 0.2) is 11.8 Å². The SMILES string of the molecule is CC(C)(C)NC(=O)CN1CCN(CC(=O)N(C2=CCCCC2)C2CC2)CC1. The summed E-state index contributed by atoms with van der Waals surface area (Å²) in [5.41, 5.74) is 1.08. The van der Waals surface area contributed by atoms with Crippen LogP contribution < -0.4 is 5.32 Å². The monoisotopic (exact) mass is 376 g/mol. The third-order valence-electron chi connectivity index (χ3n) is 5.46. The first-order valence-corrected chi connectivity index (χ1v) is 10.6. The van der Waals surface area contributed by atoms with Gasteiger partial charge in [-0.3, -0.25) is 19.4 Å². The third kappa shape index (κ3) is 6.32. The third-order valence-corrected chi connectivity index (χ3v) is 5.46. The summed E-state index contributed by atoms with van der Waals surface area (Å²) < 4.78 is 0. The van der Waals surface area contributed by atoms with Crippen molar-refractivity contribution in [1.82, 2.24) is 20.0 Å². The average Bonchev–Trinajstić information content (AvgIpc) is 3.41. The van der Waals surface area contributed by atoms with E-state index in [1.165, 1.54) is 18.5 Å². The second kappa shape index (κ2) is 8.74. The Morgan fingerprint density at radius 3 is 2.22 bits per heavy atom. The summed E-state index contributed by atoms with van der Waals surface area (Å²) in [6, 6.07) is 0.448. The molecule has 3 rings (SSSR count). The van der Waals surface area contributed by atoms with Gasteiger partial charge in [-0.25, -0.2) is 0 Å². The van der Waals surface area contributed by atoms with Crippen molar-refractivity contribution in [2.75, 3.05) is 39.3 Å². The molecule has 3 aliphatic rings. The molecule has 0 spiro atoms. The van der Waals surface area contributed by atoms with Crippen LogP contribution in [0, 0.1) is 0 Å².